The quantitative estimate of drug-likeness (QED) is 0.831. The minimum atomic E-state index is -0.508. The molecule has 5 atom stereocenters. The van der Waals surface area contributed by atoms with Gasteiger partial charge in [0, 0.05) is 6.04 Å². The van der Waals surface area contributed by atoms with Crippen LogP contribution < -0.4 is 5.32 Å². The lowest BCUT2D eigenvalue weighted by molar-refractivity contribution is -0.125. The molecule has 3 nitrogen and oxygen atoms in total. The summed E-state index contributed by atoms with van der Waals surface area (Å²) in [7, 11) is 0. The van der Waals surface area contributed by atoms with E-state index in [0.717, 1.165) is 11.8 Å². The second-order valence-electron chi connectivity index (χ2n) is 6.49. The van der Waals surface area contributed by atoms with E-state index in [1.165, 1.54) is 25.7 Å². The van der Waals surface area contributed by atoms with Gasteiger partial charge >= 0.3 is 0 Å². The Morgan fingerprint density at radius 3 is 2.44 bits per heavy atom. The third-order valence-corrected chi connectivity index (χ3v) is 4.89. The fourth-order valence-electron chi connectivity index (χ4n) is 3.84. The summed E-state index contributed by atoms with van der Waals surface area (Å²) in [6.07, 6.45) is 5.35. The summed E-state index contributed by atoms with van der Waals surface area (Å²) in [6, 6.07) is 2.34. The zero-order valence-electron chi connectivity index (χ0n) is 11.6. The molecule has 2 fully saturated rings. The smallest absolute Gasteiger partial charge is 0.237 e. The number of nitrogens with one attached hydrogen (secondary N) is 1. The van der Waals surface area contributed by atoms with Gasteiger partial charge in [-0.15, -0.1) is 0 Å². The molecule has 1 N–H and O–H groups in total. The van der Waals surface area contributed by atoms with Crippen molar-refractivity contribution in [3.63, 3.8) is 0 Å². The van der Waals surface area contributed by atoms with Gasteiger partial charge in [-0.1, -0.05) is 20.3 Å². The summed E-state index contributed by atoms with van der Waals surface area (Å²) in [6.45, 7) is 5.96. The monoisotopic (exact) mass is 248 g/mol. The average molecular weight is 248 g/mol. The third kappa shape index (κ3) is 2.53. The highest BCUT2D eigenvalue weighted by molar-refractivity contribution is 5.81. The number of nitriles is 1. The van der Waals surface area contributed by atoms with Gasteiger partial charge in [0.15, 0.2) is 0 Å². The van der Waals surface area contributed by atoms with Crippen LogP contribution in [0.2, 0.25) is 0 Å². The average Bonchev–Trinajstić information content (AvgIpc) is 2.90. The number of carbonyl (C=O) groups is 1. The third-order valence-electron chi connectivity index (χ3n) is 4.89. The summed E-state index contributed by atoms with van der Waals surface area (Å²) in [5, 5.41) is 12.1. The molecule has 0 aromatic carbocycles. The topological polar surface area (TPSA) is 52.9 Å². The molecule has 0 aromatic heterocycles. The van der Waals surface area contributed by atoms with Crippen LogP contribution >= 0.6 is 0 Å². The van der Waals surface area contributed by atoms with Crippen molar-refractivity contribution in [2.45, 2.75) is 52.5 Å². The Labute approximate surface area is 110 Å². The molecule has 2 aliphatic rings. The molecule has 0 saturated heterocycles. The van der Waals surface area contributed by atoms with Gasteiger partial charge in [0.1, 0.15) is 5.92 Å². The molecule has 3 heteroatoms. The highest BCUT2D eigenvalue weighted by Gasteiger charge is 2.42. The number of rotatable bonds is 4. The Kier molecular flexibility index (Phi) is 3.94. The highest BCUT2D eigenvalue weighted by Crippen LogP contribution is 2.49. The Bertz CT molecular complexity index is 358. The lowest BCUT2D eigenvalue weighted by Gasteiger charge is -2.29. The van der Waals surface area contributed by atoms with Crippen LogP contribution in [0.15, 0.2) is 0 Å². The van der Waals surface area contributed by atoms with Gasteiger partial charge in [-0.2, -0.15) is 5.26 Å². The van der Waals surface area contributed by atoms with Gasteiger partial charge in [0.25, 0.3) is 0 Å². The lowest BCUT2D eigenvalue weighted by atomic mass is 9.83. The Morgan fingerprint density at radius 2 is 2.00 bits per heavy atom. The predicted molar refractivity (Wildman–Crippen MR) is 70.5 cm³/mol. The van der Waals surface area contributed by atoms with Crippen LogP contribution in [0.1, 0.15) is 46.5 Å². The molecule has 0 heterocycles. The number of carbonyl (C=O) groups excluding carboxylic acids is 1. The first kappa shape index (κ1) is 13.4. The van der Waals surface area contributed by atoms with E-state index in [1.807, 2.05) is 13.8 Å². The second kappa shape index (κ2) is 5.30. The minimum Gasteiger partial charge on any atom is -0.352 e. The normalized spacial score (nSPS) is 33.2. The number of hydrogen-bond acceptors (Lipinski definition) is 2. The van der Waals surface area contributed by atoms with E-state index >= 15 is 0 Å². The molecule has 0 aromatic rings. The van der Waals surface area contributed by atoms with Crippen molar-refractivity contribution in [2.75, 3.05) is 0 Å². The van der Waals surface area contributed by atoms with E-state index in [9.17, 15) is 4.79 Å². The van der Waals surface area contributed by atoms with Crippen LogP contribution in [-0.2, 0) is 4.79 Å². The molecule has 0 spiro atoms. The van der Waals surface area contributed by atoms with E-state index in [1.54, 1.807) is 0 Å². The van der Waals surface area contributed by atoms with Gasteiger partial charge in [-0.3, -0.25) is 4.79 Å². The Hall–Kier alpha value is -1.04. The van der Waals surface area contributed by atoms with Gasteiger partial charge in [-0.25, -0.2) is 0 Å². The Morgan fingerprint density at radius 1 is 1.28 bits per heavy atom. The van der Waals surface area contributed by atoms with E-state index in [-0.39, 0.29) is 17.9 Å². The van der Waals surface area contributed by atoms with Crippen molar-refractivity contribution in [2.24, 2.45) is 29.6 Å². The standard InChI is InChI=1S/C15H24N2O/c1-9(2)14(8-16)15(18)17-10(3)13-7-11-4-5-12(13)6-11/h9-14H,4-7H2,1-3H3,(H,17,18). The first-order valence-electron chi connectivity index (χ1n) is 7.23. The zero-order valence-corrected chi connectivity index (χ0v) is 11.6. The van der Waals surface area contributed by atoms with Crippen molar-refractivity contribution in [3.05, 3.63) is 0 Å². The summed E-state index contributed by atoms with van der Waals surface area (Å²) in [5.74, 6) is 1.84. The number of nitrogens with zero attached hydrogens (tertiary/aromatic N) is 1. The maximum absolute atomic E-state index is 12.1. The molecule has 2 bridgehead atoms. The molecule has 0 aliphatic heterocycles. The molecule has 100 valence electrons. The summed E-state index contributed by atoms with van der Waals surface area (Å²) >= 11 is 0. The van der Waals surface area contributed by atoms with Crippen LogP contribution in [-0.4, -0.2) is 11.9 Å². The SMILES string of the molecule is CC(C)C(C#N)C(=O)NC(C)C1CC2CCC1C2. The highest BCUT2D eigenvalue weighted by atomic mass is 16.1. The van der Waals surface area contributed by atoms with Gasteiger partial charge < -0.3 is 5.32 Å². The fraction of sp³-hybridized carbons (Fsp3) is 0.867. The number of amides is 1. The van der Waals surface area contributed by atoms with Crippen molar-refractivity contribution in [1.29, 1.82) is 5.26 Å². The molecule has 0 radical (unpaired) electrons. The molecule has 2 rings (SSSR count). The summed E-state index contributed by atoms with van der Waals surface area (Å²) in [5.41, 5.74) is 0. The van der Waals surface area contributed by atoms with Gasteiger partial charge in [0.05, 0.1) is 6.07 Å². The van der Waals surface area contributed by atoms with E-state index in [0.29, 0.717) is 5.92 Å². The maximum Gasteiger partial charge on any atom is 0.237 e. The van der Waals surface area contributed by atoms with Crippen LogP contribution in [0.5, 0.6) is 0 Å². The second-order valence-corrected chi connectivity index (χ2v) is 6.49. The molecule has 1 amide bonds. The molecular weight excluding hydrogens is 224 g/mol. The summed E-state index contributed by atoms with van der Waals surface area (Å²) < 4.78 is 0. The van der Waals surface area contributed by atoms with E-state index in [2.05, 4.69) is 18.3 Å². The van der Waals surface area contributed by atoms with E-state index in [4.69, 9.17) is 5.26 Å². The van der Waals surface area contributed by atoms with Crippen LogP contribution in [0.4, 0.5) is 0 Å². The van der Waals surface area contributed by atoms with Gasteiger partial charge in [0.2, 0.25) is 5.91 Å². The maximum atomic E-state index is 12.1. The minimum absolute atomic E-state index is 0.0808. The largest absolute Gasteiger partial charge is 0.352 e. The lowest BCUT2D eigenvalue weighted by Crippen LogP contribution is -2.43. The first-order valence-corrected chi connectivity index (χ1v) is 7.23. The van der Waals surface area contributed by atoms with Crippen molar-refractivity contribution in [3.8, 4) is 6.07 Å². The molecule has 5 unspecified atom stereocenters. The fourth-order valence-corrected chi connectivity index (χ4v) is 3.84. The Balaban J connectivity index is 1.89. The number of fused-ring (bicyclic) bond motifs is 2. The van der Waals surface area contributed by atoms with Crippen molar-refractivity contribution < 1.29 is 4.79 Å². The van der Waals surface area contributed by atoms with Crippen molar-refractivity contribution >= 4 is 5.91 Å². The molecular formula is C15H24N2O. The van der Waals surface area contributed by atoms with Crippen LogP contribution in [0.3, 0.4) is 0 Å². The molecule has 18 heavy (non-hydrogen) atoms. The predicted octanol–water partition coefficient (Wildman–Crippen LogP) is 2.72. The molecule has 2 aliphatic carbocycles. The number of hydrogen-bond donors (Lipinski definition) is 1. The van der Waals surface area contributed by atoms with Gasteiger partial charge in [-0.05, 0) is 49.9 Å². The first-order chi connectivity index (χ1) is 8.52. The molecule has 2 saturated carbocycles. The van der Waals surface area contributed by atoms with Crippen LogP contribution in [0, 0.1) is 40.9 Å². The van der Waals surface area contributed by atoms with Crippen LogP contribution in [0.25, 0.3) is 0 Å². The van der Waals surface area contributed by atoms with E-state index < -0.39 is 5.92 Å². The van der Waals surface area contributed by atoms with Crippen molar-refractivity contribution in [1.82, 2.24) is 5.32 Å². The summed E-state index contributed by atoms with van der Waals surface area (Å²) in [4.78, 5) is 12.1. The zero-order chi connectivity index (χ0) is 13.3.